The van der Waals surface area contributed by atoms with Gasteiger partial charge < -0.3 is 0 Å². The highest BCUT2D eigenvalue weighted by Crippen LogP contribution is 2.55. The molecule has 0 fully saturated rings. The van der Waals surface area contributed by atoms with E-state index in [9.17, 15) is 10.5 Å². The number of nitriles is 2. The second-order valence-corrected chi connectivity index (χ2v) is 15.3. The molecule has 12 rings (SSSR count). The largest absolute Gasteiger partial charge is 0.192 e. The minimum atomic E-state index is 0.622. The van der Waals surface area contributed by atoms with E-state index in [2.05, 4.69) is 158 Å². The Hall–Kier alpha value is -8.04. The molecular formula is C56H30N2. The summed E-state index contributed by atoms with van der Waals surface area (Å²) in [5.41, 5.74) is 10.2. The van der Waals surface area contributed by atoms with E-state index in [0.29, 0.717) is 11.1 Å². The van der Waals surface area contributed by atoms with Crippen molar-refractivity contribution in [2.75, 3.05) is 0 Å². The Morgan fingerprint density at radius 3 is 1.48 bits per heavy atom. The van der Waals surface area contributed by atoms with Crippen LogP contribution in [0.15, 0.2) is 182 Å². The SMILES string of the molecule is N#Cc1cccc(-c2c3cc4c5ccccc5c5cccc(c3c(-c3cccc(C#N)c3)c3c6cccc7c(-c8ccccc8-c8ccccc8)ccc(c23)c76)c54)c1. The minimum absolute atomic E-state index is 0.622. The zero-order valence-electron chi connectivity index (χ0n) is 31.2. The number of rotatable bonds is 4. The van der Waals surface area contributed by atoms with Gasteiger partial charge in [-0.1, -0.05) is 152 Å². The van der Waals surface area contributed by atoms with Crippen molar-refractivity contribution in [1.29, 1.82) is 10.5 Å². The van der Waals surface area contributed by atoms with Crippen LogP contribution in [0.1, 0.15) is 11.1 Å². The molecule has 0 saturated carbocycles. The summed E-state index contributed by atoms with van der Waals surface area (Å²) in [6, 6.07) is 69.6. The third kappa shape index (κ3) is 4.40. The lowest BCUT2D eigenvalue weighted by molar-refractivity contribution is 1.48. The lowest BCUT2D eigenvalue weighted by Gasteiger charge is -2.19. The molecule has 2 nitrogen and oxygen atoms in total. The molecule has 0 aliphatic carbocycles. The van der Waals surface area contributed by atoms with Crippen LogP contribution in [-0.4, -0.2) is 0 Å². The van der Waals surface area contributed by atoms with Gasteiger partial charge in [-0.2, -0.15) is 10.5 Å². The molecule has 0 saturated heterocycles. The van der Waals surface area contributed by atoms with E-state index in [1.807, 2.05) is 36.4 Å². The van der Waals surface area contributed by atoms with E-state index in [4.69, 9.17) is 0 Å². The summed E-state index contributed by atoms with van der Waals surface area (Å²) < 4.78 is 0. The molecule has 0 aromatic heterocycles. The van der Waals surface area contributed by atoms with E-state index < -0.39 is 0 Å². The molecule has 12 aromatic rings. The van der Waals surface area contributed by atoms with Gasteiger partial charge in [-0.25, -0.2) is 0 Å². The van der Waals surface area contributed by atoms with Gasteiger partial charge in [0.05, 0.1) is 23.3 Å². The molecule has 0 heterocycles. The fourth-order valence-corrected chi connectivity index (χ4v) is 10.1. The second-order valence-electron chi connectivity index (χ2n) is 15.3. The maximum absolute atomic E-state index is 10.2. The number of nitrogens with zero attached hydrogens (tertiary/aromatic N) is 2. The van der Waals surface area contributed by atoms with Gasteiger partial charge in [0.25, 0.3) is 0 Å². The van der Waals surface area contributed by atoms with Crippen LogP contribution in [0.2, 0.25) is 0 Å². The Kier molecular flexibility index (Phi) is 6.80. The monoisotopic (exact) mass is 730 g/mol. The van der Waals surface area contributed by atoms with Crippen molar-refractivity contribution in [2.24, 2.45) is 0 Å². The van der Waals surface area contributed by atoms with Crippen molar-refractivity contribution in [3.05, 3.63) is 193 Å². The van der Waals surface area contributed by atoms with Crippen LogP contribution >= 0.6 is 0 Å². The predicted molar refractivity (Wildman–Crippen MR) is 243 cm³/mol. The first-order chi connectivity index (χ1) is 28.7. The number of fused-ring (bicyclic) bond motifs is 8. The van der Waals surface area contributed by atoms with Gasteiger partial charge in [-0.15, -0.1) is 0 Å². The van der Waals surface area contributed by atoms with Gasteiger partial charge in [0.2, 0.25) is 0 Å². The zero-order chi connectivity index (χ0) is 38.5. The fourth-order valence-electron chi connectivity index (χ4n) is 10.1. The Labute approximate surface area is 334 Å². The van der Waals surface area contributed by atoms with E-state index in [1.165, 1.54) is 76.1 Å². The van der Waals surface area contributed by atoms with Crippen molar-refractivity contribution in [1.82, 2.24) is 0 Å². The molecule has 0 atom stereocenters. The molecule has 264 valence electrons. The molecule has 2 heteroatoms. The smallest absolute Gasteiger partial charge is 0.0991 e. The molecule has 0 aliphatic rings. The third-order valence-electron chi connectivity index (χ3n) is 12.4. The molecule has 58 heavy (non-hydrogen) atoms. The van der Waals surface area contributed by atoms with Gasteiger partial charge in [-0.05, 0) is 150 Å². The summed E-state index contributed by atoms with van der Waals surface area (Å²) >= 11 is 0. The van der Waals surface area contributed by atoms with Crippen LogP contribution in [0, 0.1) is 22.7 Å². The van der Waals surface area contributed by atoms with E-state index in [1.54, 1.807) is 0 Å². The third-order valence-corrected chi connectivity index (χ3v) is 12.4. The molecular weight excluding hydrogens is 701 g/mol. The molecule has 0 radical (unpaired) electrons. The van der Waals surface area contributed by atoms with Gasteiger partial charge in [0.15, 0.2) is 0 Å². The summed E-state index contributed by atoms with van der Waals surface area (Å²) in [7, 11) is 0. The maximum atomic E-state index is 10.2. The Morgan fingerprint density at radius 1 is 0.259 bits per heavy atom. The van der Waals surface area contributed by atoms with E-state index >= 15 is 0 Å². The zero-order valence-corrected chi connectivity index (χ0v) is 31.2. The summed E-state index contributed by atoms with van der Waals surface area (Å²) in [5, 5.41) is 37.2. The average Bonchev–Trinajstić information content (AvgIpc) is 3.80. The maximum Gasteiger partial charge on any atom is 0.0991 e. The van der Waals surface area contributed by atoms with Crippen LogP contribution in [0.25, 0.3) is 120 Å². The van der Waals surface area contributed by atoms with Crippen LogP contribution in [-0.2, 0) is 0 Å². The topological polar surface area (TPSA) is 47.6 Å². The molecule has 0 spiro atoms. The van der Waals surface area contributed by atoms with Gasteiger partial charge in [0.1, 0.15) is 0 Å². The molecule has 0 unspecified atom stereocenters. The Balaban J connectivity index is 1.35. The summed E-state index contributed by atoms with van der Waals surface area (Å²) in [4.78, 5) is 0. The van der Waals surface area contributed by atoms with Crippen molar-refractivity contribution < 1.29 is 0 Å². The first-order valence-corrected chi connectivity index (χ1v) is 19.6. The standard InChI is InChI=1S/C56H30N2/c57-31-33-12-8-16-36(28-33)50-49-30-48-41-21-7-6-20-40(41)43-22-10-24-45(53(43)48)54(49)51(37-17-9-13-34(29-37)32-58)56-46-25-11-23-44-42(26-27-47(52(44)46)55(50)56)39-19-5-4-18-38(39)35-14-2-1-3-15-35/h1-30H. The second kappa shape index (κ2) is 12.2. The van der Waals surface area contributed by atoms with Gasteiger partial charge in [-0.3, -0.25) is 0 Å². The molecule has 0 amide bonds. The average molecular weight is 731 g/mol. The van der Waals surface area contributed by atoms with E-state index in [-0.39, 0.29) is 0 Å². The van der Waals surface area contributed by atoms with Crippen molar-refractivity contribution in [2.45, 2.75) is 0 Å². The summed E-state index contributed by atoms with van der Waals surface area (Å²) in [6.45, 7) is 0. The number of benzene rings is 10. The van der Waals surface area contributed by atoms with Crippen LogP contribution in [0.3, 0.4) is 0 Å². The van der Waals surface area contributed by atoms with Crippen molar-refractivity contribution >= 4 is 75.4 Å². The first kappa shape index (κ1) is 32.2. The molecule has 0 aliphatic heterocycles. The normalized spacial score (nSPS) is 11.8. The van der Waals surface area contributed by atoms with Crippen LogP contribution in [0.4, 0.5) is 0 Å². The lowest BCUT2D eigenvalue weighted by Crippen LogP contribution is -1.92. The minimum Gasteiger partial charge on any atom is -0.192 e. The lowest BCUT2D eigenvalue weighted by atomic mass is 9.83. The highest BCUT2D eigenvalue weighted by molar-refractivity contribution is 6.45. The highest BCUT2D eigenvalue weighted by Gasteiger charge is 2.27. The number of hydrogen-bond donors (Lipinski definition) is 0. The Bertz CT molecular complexity index is 3750. The number of hydrogen-bond acceptors (Lipinski definition) is 2. The van der Waals surface area contributed by atoms with Crippen molar-refractivity contribution in [3.63, 3.8) is 0 Å². The van der Waals surface area contributed by atoms with E-state index in [0.717, 1.165) is 43.8 Å². The molecule has 12 aromatic carbocycles. The first-order valence-electron chi connectivity index (χ1n) is 19.6. The summed E-state index contributed by atoms with van der Waals surface area (Å²) in [6.07, 6.45) is 0. The van der Waals surface area contributed by atoms with Crippen molar-refractivity contribution in [3.8, 4) is 56.6 Å². The fraction of sp³-hybridized carbons (Fsp3) is 0. The quantitative estimate of drug-likeness (QED) is 0.169. The van der Waals surface area contributed by atoms with Crippen LogP contribution in [0.5, 0.6) is 0 Å². The molecule has 0 N–H and O–H groups in total. The van der Waals surface area contributed by atoms with Gasteiger partial charge in [0, 0.05) is 0 Å². The molecule has 0 bridgehead atoms. The predicted octanol–water partition coefficient (Wildman–Crippen LogP) is 15.0. The van der Waals surface area contributed by atoms with Crippen LogP contribution < -0.4 is 0 Å². The summed E-state index contributed by atoms with van der Waals surface area (Å²) in [5.74, 6) is 0. The Morgan fingerprint density at radius 2 is 0.759 bits per heavy atom. The highest BCUT2D eigenvalue weighted by atomic mass is 14.3. The van der Waals surface area contributed by atoms with Gasteiger partial charge >= 0.3 is 0 Å².